The molecule has 1 rings (SSSR count). The number of sulfonamides is 1. The molecule has 0 aromatic heterocycles. The molecule has 0 spiro atoms. The molecule has 112 valence electrons. The minimum atomic E-state index is -4.45. The van der Waals surface area contributed by atoms with E-state index in [0.29, 0.717) is 12.1 Å². The molecule has 0 aliphatic rings. The smallest absolute Gasteiger partial charge is 0.244 e. The summed E-state index contributed by atoms with van der Waals surface area (Å²) in [6.45, 7) is 2.70. The summed E-state index contributed by atoms with van der Waals surface area (Å²) in [5.41, 5.74) is 0. The first-order valence-corrected chi connectivity index (χ1v) is 7.06. The largest absolute Gasteiger partial charge is 0.353 e. The van der Waals surface area contributed by atoms with Gasteiger partial charge in [0.25, 0.3) is 0 Å². The van der Waals surface area contributed by atoms with Gasteiger partial charge in [-0.2, -0.15) is 0 Å². The Labute approximate surface area is 114 Å². The summed E-state index contributed by atoms with van der Waals surface area (Å²) in [7, 11) is -4.45. The molecule has 0 aliphatic carbocycles. The maximum absolute atomic E-state index is 13.4. The third kappa shape index (κ3) is 3.94. The van der Waals surface area contributed by atoms with Crippen molar-refractivity contribution in [1.82, 2.24) is 10.0 Å². The lowest BCUT2D eigenvalue weighted by atomic mass is 10.3. The summed E-state index contributed by atoms with van der Waals surface area (Å²) < 4.78 is 64.2. The number of amides is 1. The van der Waals surface area contributed by atoms with Crippen LogP contribution in [0, 0.1) is 17.5 Å². The number of hydrogen-bond acceptors (Lipinski definition) is 3. The van der Waals surface area contributed by atoms with Gasteiger partial charge in [-0.25, -0.2) is 26.3 Å². The number of hydrogen-bond donors (Lipinski definition) is 2. The van der Waals surface area contributed by atoms with Gasteiger partial charge in [-0.3, -0.25) is 4.79 Å². The van der Waals surface area contributed by atoms with E-state index in [4.69, 9.17) is 0 Å². The highest BCUT2D eigenvalue weighted by Crippen LogP contribution is 2.19. The van der Waals surface area contributed by atoms with Gasteiger partial charge in [-0.15, -0.1) is 0 Å². The van der Waals surface area contributed by atoms with Crippen LogP contribution in [0.3, 0.4) is 0 Å². The van der Waals surface area contributed by atoms with Crippen LogP contribution in [0.15, 0.2) is 17.0 Å². The standard InChI is InChI=1S/C11H13F3N2O3S/c1-6(2)16-9(17)5-15-20(18,19)8-4-3-7(12)10(13)11(8)14/h3-4,6,15H,5H2,1-2H3,(H,16,17). The van der Waals surface area contributed by atoms with Gasteiger partial charge in [0.2, 0.25) is 15.9 Å². The Morgan fingerprint density at radius 3 is 2.35 bits per heavy atom. The normalized spacial score (nSPS) is 11.7. The molecule has 0 radical (unpaired) electrons. The predicted octanol–water partition coefficient (Wildman–Crippen LogP) is 0.907. The van der Waals surface area contributed by atoms with Gasteiger partial charge in [0.15, 0.2) is 17.5 Å². The Morgan fingerprint density at radius 1 is 1.20 bits per heavy atom. The quantitative estimate of drug-likeness (QED) is 0.794. The lowest BCUT2D eigenvalue weighted by molar-refractivity contribution is -0.120. The zero-order valence-electron chi connectivity index (χ0n) is 10.7. The van der Waals surface area contributed by atoms with Crippen LogP contribution in [-0.4, -0.2) is 26.9 Å². The first-order chi connectivity index (χ1) is 9.15. The third-order valence-corrected chi connectivity index (χ3v) is 3.58. The van der Waals surface area contributed by atoms with Gasteiger partial charge in [-0.05, 0) is 26.0 Å². The molecule has 0 heterocycles. The monoisotopic (exact) mass is 310 g/mol. The van der Waals surface area contributed by atoms with Gasteiger partial charge < -0.3 is 5.32 Å². The van der Waals surface area contributed by atoms with E-state index in [1.807, 2.05) is 0 Å². The molecular weight excluding hydrogens is 297 g/mol. The highest BCUT2D eigenvalue weighted by molar-refractivity contribution is 7.89. The summed E-state index contributed by atoms with van der Waals surface area (Å²) in [6, 6.07) is 0.865. The second-order valence-corrected chi connectivity index (χ2v) is 5.96. The summed E-state index contributed by atoms with van der Waals surface area (Å²) >= 11 is 0. The highest BCUT2D eigenvalue weighted by Gasteiger charge is 2.24. The van der Waals surface area contributed by atoms with Gasteiger partial charge in [0.05, 0.1) is 6.54 Å². The van der Waals surface area contributed by atoms with Crippen molar-refractivity contribution in [3.8, 4) is 0 Å². The van der Waals surface area contributed by atoms with Crippen molar-refractivity contribution in [2.75, 3.05) is 6.54 Å². The summed E-state index contributed by atoms with van der Waals surface area (Å²) in [5, 5.41) is 2.41. The molecule has 20 heavy (non-hydrogen) atoms. The van der Waals surface area contributed by atoms with Crippen LogP contribution in [0.1, 0.15) is 13.8 Å². The molecule has 1 aromatic rings. The maximum Gasteiger partial charge on any atom is 0.244 e. The number of halogens is 3. The van der Waals surface area contributed by atoms with Crippen molar-refractivity contribution in [2.24, 2.45) is 0 Å². The van der Waals surface area contributed by atoms with Gasteiger partial charge >= 0.3 is 0 Å². The predicted molar refractivity (Wildman–Crippen MR) is 64.8 cm³/mol. The Hall–Kier alpha value is -1.61. The molecule has 0 fully saturated rings. The van der Waals surface area contributed by atoms with E-state index in [1.54, 1.807) is 18.6 Å². The summed E-state index contributed by atoms with van der Waals surface area (Å²) in [5.74, 6) is -5.85. The van der Waals surface area contributed by atoms with Gasteiger partial charge in [-0.1, -0.05) is 0 Å². The Kier molecular flexibility index (Phi) is 5.12. The van der Waals surface area contributed by atoms with Crippen molar-refractivity contribution < 1.29 is 26.4 Å². The van der Waals surface area contributed by atoms with Crippen LogP contribution >= 0.6 is 0 Å². The minimum absolute atomic E-state index is 0.202. The van der Waals surface area contributed by atoms with Crippen LogP contribution < -0.4 is 10.0 Å². The number of carbonyl (C=O) groups is 1. The molecule has 1 amide bonds. The first kappa shape index (κ1) is 16.4. The van der Waals surface area contributed by atoms with Gasteiger partial charge in [0, 0.05) is 6.04 Å². The SMILES string of the molecule is CC(C)NC(=O)CNS(=O)(=O)c1ccc(F)c(F)c1F. The van der Waals surface area contributed by atoms with Crippen LogP contribution in [0.25, 0.3) is 0 Å². The van der Waals surface area contributed by atoms with Crippen molar-refractivity contribution in [3.63, 3.8) is 0 Å². The number of rotatable bonds is 5. The fraction of sp³-hybridized carbons (Fsp3) is 0.364. The van der Waals surface area contributed by atoms with E-state index in [9.17, 15) is 26.4 Å². The molecule has 0 saturated carbocycles. The molecule has 0 saturated heterocycles. The minimum Gasteiger partial charge on any atom is -0.353 e. The lowest BCUT2D eigenvalue weighted by Crippen LogP contribution is -2.40. The fourth-order valence-corrected chi connectivity index (χ4v) is 2.38. The summed E-state index contributed by atoms with van der Waals surface area (Å²) in [6.07, 6.45) is 0. The number of benzene rings is 1. The Balaban J connectivity index is 2.90. The topological polar surface area (TPSA) is 75.3 Å². The lowest BCUT2D eigenvalue weighted by Gasteiger charge is -2.10. The Bertz CT molecular complexity index is 618. The van der Waals surface area contributed by atoms with Crippen molar-refractivity contribution >= 4 is 15.9 Å². The molecule has 0 bridgehead atoms. The highest BCUT2D eigenvalue weighted by atomic mass is 32.2. The van der Waals surface area contributed by atoms with E-state index in [2.05, 4.69) is 5.32 Å². The number of carbonyl (C=O) groups excluding carboxylic acids is 1. The zero-order valence-corrected chi connectivity index (χ0v) is 11.5. The average Bonchev–Trinajstić information content (AvgIpc) is 2.32. The zero-order chi connectivity index (χ0) is 15.5. The second-order valence-electron chi connectivity index (χ2n) is 4.22. The van der Waals surface area contributed by atoms with E-state index < -0.39 is 44.8 Å². The molecule has 0 atom stereocenters. The molecular formula is C11H13F3N2O3S. The third-order valence-electron chi connectivity index (χ3n) is 2.16. The van der Waals surface area contributed by atoms with Crippen LogP contribution in [0.5, 0.6) is 0 Å². The number of nitrogens with one attached hydrogen (secondary N) is 2. The maximum atomic E-state index is 13.4. The molecule has 2 N–H and O–H groups in total. The first-order valence-electron chi connectivity index (χ1n) is 5.57. The van der Waals surface area contributed by atoms with Gasteiger partial charge in [0.1, 0.15) is 4.90 Å². The molecule has 5 nitrogen and oxygen atoms in total. The van der Waals surface area contributed by atoms with E-state index in [-0.39, 0.29) is 6.04 Å². The van der Waals surface area contributed by atoms with Crippen LogP contribution in [0.4, 0.5) is 13.2 Å². The van der Waals surface area contributed by atoms with E-state index >= 15 is 0 Å². The van der Waals surface area contributed by atoms with Crippen molar-refractivity contribution in [2.45, 2.75) is 24.8 Å². The van der Waals surface area contributed by atoms with Crippen LogP contribution in [0.2, 0.25) is 0 Å². The second kappa shape index (κ2) is 6.23. The molecule has 0 unspecified atom stereocenters. The van der Waals surface area contributed by atoms with Crippen LogP contribution in [-0.2, 0) is 14.8 Å². The molecule has 9 heteroatoms. The average molecular weight is 310 g/mol. The molecule has 1 aromatic carbocycles. The fourth-order valence-electron chi connectivity index (χ4n) is 1.33. The van der Waals surface area contributed by atoms with E-state index in [0.717, 1.165) is 0 Å². The summed E-state index contributed by atoms with van der Waals surface area (Å²) in [4.78, 5) is 10.2. The van der Waals surface area contributed by atoms with Crippen molar-refractivity contribution in [3.05, 3.63) is 29.6 Å². The Morgan fingerprint density at radius 2 is 1.80 bits per heavy atom. The van der Waals surface area contributed by atoms with E-state index in [1.165, 1.54) is 0 Å². The molecule has 0 aliphatic heterocycles. The van der Waals surface area contributed by atoms with Crippen molar-refractivity contribution in [1.29, 1.82) is 0 Å².